The summed E-state index contributed by atoms with van der Waals surface area (Å²) >= 11 is 0. The molecule has 166 valence electrons. The van der Waals surface area contributed by atoms with E-state index < -0.39 is 6.10 Å². The van der Waals surface area contributed by atoms with Gasteiger partial charge < -0.3 is 20.5 Å². The maximum absolute atomic E-state index is 12.7. The van der Waals surface area contributed by atoms with Crippen LogP contribution in [0.4, 0.5) is 5.82 Å². The zero-order valence-electron chi connectivity index (χ0n) is 18.0. The minimum Gasteiger partial charge on any atom is -0.390 e. The van der Waals surface area contributed by atoms with Gasteiger partial charge in [-0.25, -0.2) is 9.97 Å². The number of aliphatic hydroxyl groups is 1. The zero-order chi connectivity index (χ0) is 21.6. The number of nitrogens with one attached hydrogen (secondary N) is 2. The third-order valence-electron chi connectivity index (χ3n) is 6.04. The highest BCUT2D eigenvalue weighted by molar-refractivity contribution is 5.94. The number of amides is 1. The van der Waals surface area contributed by atoms with Gasteiger partial charge in [0.1, 0.15) is 17.8 Å². The molecule has 1 amide bonds. The fourth-order valence-electron chi connectivity index (χ4n) is 4.23. The Labute approximate surface area is 183 Å². The van der Waals surface area contributed by atoms with Gasteiger partial charge >= 0.3 is 0 Å². The monoisotopic (exact) mass is 425 g/mol. The first-order chi connectivity index (χ1) is 15.1. The van der Waals surface area contributed by atoms with Crippen molar-refractivity contribution < 1.29 is 14.6 Å². The van der Waals surface area contributed by atoms with Gasteiger partial charge in [-0.3, -0.25) is 9.69 Å². The number of ether oxygens (including phenoxy) is 1. The van der Waals surface area contributed by atoms with E-state index in [9.17, 15) is 9.90 Å². The Bertz CT molecular complexity index is 901. The molecule has 3 heterocycles. The molecule has 0 aliphatic carbocycles. The summed E-state index contributed by atoms with van der Waals surface area (Å²) in [5.41, 5.74) is 3.74. The first kappa shape index (κ1) is 21.7. The van der Waals surface area contributed by atoms with Crippen molar-refractivity contribution in [3.05, 3.63) is 53.0 Å². The van der Waals surface area contributed by atoms with E-state index >= 15 is 0 Å². The molecule has 8 heteroatoms. The third-order valence-corrected chi connectivity index (χ3v) is 6.04. The standard InChI is InChI=1S/C23H31N5O3/c1-16-21(25-15-26-22(16)27-19-7-10-31-11-8-19)23(30)24-12-20(29)14-28-9-6-17-4-2-3-5-18(17)13-28/h2-5,15,19-20,29H,6-14H2,1H3,(H,24,30)(H,25,26,27). The number of hydrogen-bond acceptors (Lipinski definition) is 7. The van der Waals surface area contributed by atoms with E-state index in [2.05, 4.69) is 43.7 Å². The lowest BCUT2D eigenvalue weighted by Gasteiger charge is -2.30. The van der Waals surface area contributed by atoms with E-state index in [0.717, 1.165) is 45.6 Å². The second-order valence-electron chi connectivity index (χ2n) is 8.34. The molecule has 1 unspecified atom stereocenters. The molecule has 0 spiro atoms. The van der Waals surface area contributed by atoms with Crippen LogP contribution in [0.2, 0.25) is 0 Å². The van der Waals surface area contributed by atoms with Gasteiger partial charge in [0.15, 0.2) is 0 Å². The van der Waals surface area contributed by atoms with Crippen LogP contribution in [0.15, 0.2) is 30.6 Å². The number of benzene rings is 1. The van der Waals surface area contributed by atoms with Crippen molar-refractivity contribution in [3.8, 4) is 0 Å². The second kappa shape index (κ2) is 10.2. The van der Waals surface area contributed by atoms with Gasteiger partial charge in [0.2, 0.25) is 0 Å². The van der Waals surface area contributed by atoms with E-state index in [0.29, 0.717) is 23.6 Å². The molecule has 3 N–H and O–H groups in total. The highest BCUT2D eigenvalue weighted by atomic mass is 16.5. The zero-order valence-corrected chi connectivity index (χ0v) is 18.0. The number of β-amino-alcohol motifs (C(OH)–C–C–N with tert-alkyl or cyclic N) is 1. The molecule has 4 rings (SSSR count). The lowest BCUT2D eigenvalue weighted by molar-refractivity contribution is 0.0837. The van der Waals surface area contributed by atoms with Crippen LogP contribution in [0.3, 0.4) is 0 Å². The average molecular weight is 426 g/mol. The molecule has 0 saturated carbocycles. The predicted molar refractivity (Wildman–Crippen MR) is 118 cm³/mol. The smallest absolute Gasteiger partial charge is 0.270 e. The number of carbonyl (C=O) groups excluding carboxylic acids is 1. The van der Waals surface area contributed by atoms with Crippen molar-refractivity contribution in [2.75, 3.05) is 38.2 Å². The second-order valence-corrected chi connectivity index (χ2v) is 8.34. The van der Waals surface area contributed by atoms with Crippen LogP contribution in [0.5, 0.6) is 0 Å². The Kier molecular flexibility index (Phi) is 7.11. The highest BCUT2D eigenvalue weighted by Crippen LogP contribution is 2.19. The van der Waals surface area contributed by atoms with Crippen LogP contribution in [-0.4, -0.2) is 70.9 Å². The number of carbonyl (C=O) groups is 1. The Morgan fingerprint density at radius 2 is 2.03 bits per heavy atom. The van der Waals surface area contributed by atoms with Crippen LogP contribution in [0.1, 0.15) is 40.0 Å². The van der Waals surface area contributed by atoms with Gasteiger partial charge in [0.05, 0.1) is 6.10 Å². The van der Waals surface area contributed by atoms with E-state index in [1.807, 2.05) is 13.0 Å². The fourth-order valence-corrected chi connectivity index (χ4v) is 4.23. The summed E-state index contributed by atoms with van der Waals surface area (Å²) in [6.45, 7) is 5.75. The molecule has 1 aromatic carbocycles. The molecule has 0 radical (unpaired) electrons. The van der Waals surface area contributed by atoms with E-state index in [4.69, 9.17) is 4.74 Å². The molecular weight excluding hydrogens is 394 g/mol. The first-order valence-electron chi connectivity index (χ1n) is 11.0. The summed E-state index contributed by atoms with van der Waals surface area (Å²) < 4.78 is 5.39. The molecule has 1 aromatic heterocycles. The number of aromatic nitrogens is 2. The van der Waals surface area contributed by atoms with Gasteiger partial charge in [0, 0.05) is 51.0 Å². The maximum atomic E-state index is 12.7. The van der Waals surface area contributed by atoms with Crippen molar-refractivity contribution >= 4 is 11.7 Å². The summed E-state index contributed by atoms with van der Waals surface area (Å²) in [6.07, 6.45) is 3.58. The molecule has 2 aliphatic rings. The molecular formula is C23H31N5O3. The topological polar surface area (TPSA) is 99.6 Å². The summed E-state index contributed by atoms with van der Waals surface area (Å²) in [5, 5.41) is 16.7. The lowest BCUT2D eigenvalue weighted by atomic mass is 10.00. The van der Waals surface area contributed by atoms with Crippen LogP contribution < -0.4 is 10.6 Å². The Morgan fingerprint density at radius 3 is 2.84 bits per heavy atom. The molecule has 2 aromatic rings. The highest BCUT2D eigenvalue weighted by Gasteiger charge is 2.21. The van der Waals surface area contributed by atoms with Crippen molar-refractivity contribution in [3.63, 3.8) is 0 Å². The van der Waals surface area contributed by atoms with Crippen LogP contribution in [0.25, 0.3) is 0 Å². The van der Waals surface area contributed by atoms with Crippen LogP contribution in [-0.2, 0) is 17.7 Å². The lowest BCUT2D eigenvalue weighted by Crippen LogP contribution is -2.42. The number of anilines is 1. The summed E-state index contributed by atoms with van der Waals surface area (Å²) in [6, 6.07) is 8.71. The molecule has 1 atom stereocenters. The third kappa shape index (κ3) is 5.58. The first-order valence-corrected chi connectivity index (χ1v) is 11.0. The molecule has 31 heavy (non-hydrogen) atoms. The predicted octanol–water partition coefficient (Wildman–Crippen LogP) is 1.52. The van der Waals surface area contributed by atoms with E-state index in [1.165, 1.54) is 17.5 Å². The van der Waals surface area contributed by atoms with Gasteiger partial charge in [0.25, 0.3) is 5.91 Å². The van der Waals surface area contributed by atoms with Crippen molar-refractivity contribution in [2.24, 2.45) is 0 Å². The van der Waals surface area contributed by atoms with Crippen LogP contribution >= 0.6 is 0 Å². The number of hydrogen-bond donors (Lipinski definition) is 3. The summed E-state index contributed by atoms with van der Waals surface area (Å²) in [4.78, 5) is 23.4. The van der Waals surface area contributed by atoms with Crippen LogP contribution in [0, 0.1) is 6.92 Å². The minimum absolute atomic E-state index is 0.184. The van der Waals surface area contributed by atoms with E-state index in [1.54, 1.807) is 0 Å². The van der Waals surface area contributed by atoms with Crippen molar-refractivity contribution in [2.45, 2.75) is 44.9 Å². The number of nitrogens with zero attached hydrogens (tertiary/aromatic N) is 3. The molecule has 1 fully saturated rings. The van der Waals surface area contributed by atoms with E-state index in [-0.39, 0.29) is 18.5 Å². The Balaban J connectivity index is 1.29. The normalized spacial score (nSPS) is 18.3. The summed E-state index contributed by atoms with van der Waals surface area (Å²) in [7, 11) is 0. The number of fused-ring (bicyclic) bond motifs is 1. The van der Waals surface area contributed by atoms with Gasteiger partial charge in [-0.1, -0.05) is 24.3 Å². The van der Waals surface area contributed by atoms with Crippen molar-refractivity contribution in [1.82, 2.24) is 20.2 Å². The quantitative estimate of drug-likeness (QED) is 0.619. The number of rotatable bonds is 7. The largest absolute Gasteiger partial charge is 0.390 e. The summed E-state index contributed by atoms with van der Waals surface area (Å²) in [5.74, 6) is 0.387. The molecule has 2 aliphatic heterocycles. The van der Waals surface area contributed by atoms with Crippen molar-refractivity contribution in [1.29, 1.82) is 0 Å². The van der Waals surface area contributed by atoms with Gasteiger partial charge in [-0.05, 0) is 37.3 Å². The molecule has 0 bridgehead atoms. The Hall–Kier alpha value is -2.55. The Morgan fingerprint density at radius 1 is 1.26 bits per heavy atom. The molecule has 1 saturated heterocycles. The van der Waals surface area contributed by atoms with Gasteiger partial charge in [-0.2, -0.15) is 0 Å². The van der Waals surface area contributed by atoms with Gasteiger partial charge in [-0.15, -0.1) is 0 Å². The fraction of sp³-hybridized carbons (Fsp3) is 0.522. The number of aliphatic hydroxyl groups excluding tert-OH is 1. The minimum atomic E-state index is -0.642. The molecule has 8 nitrogen and oxygen atoms in total. The SMILES string of the molecule is Cc1c(NC2CCOCC2)ncnc1C(=O)NCC(O)CN1CCc2ccccc2C1. The maximum Gasteiger partial charge on any atom is 0.270 e. The average Bonchev–Trinajstić information content (AvgIpc) is 2.79.